The van der Waals surface area contributed by atoms with Gasteiger partial charge in [0, 0.05) is 22.0 Å². The quantitative estimate of drug-likeness (QED) is 0.284. The van der Waals surface area contributed by atoms with E-state index in [2.05, 4.69) is 0 Å². The van der Waals surface area contributed by atoms with Crippen molar-refractivity contribution < 1.29 is 29.4 Å². The van der Waals surface area contributed by atoms with Gasteiger partial charge in [-0.3, -0.25) is 19.2 Å². The van der Waals surface area contributed by atoms with Crippen molar-refractivity contribution in [1.82, 2.24) is 0 Å². The van der Waals surface area contributed by atoms with E-state index in [9.17, 15) is 29.4 Å². The number of hydrogen-bond donors (Lipinski definition) is 2. The van der Waals surface area contributed by atoms with Crippen molar-refractivity contribution in [2.75, 3.05) is 0 Å². The first-order valence-electron chi connectivity index (χ1n) is 13.4. The second kappa shape index (κ2) is 11.4. The molecule has 0 aromatic carbocycles. The SMILES string of the molecule is CC1(C)C=C(C=CC2=CC(C)(C)C=C(CCCC(C)(C)C(=O)O)C2=O)C(=O)C(CCCC(C)(C)C(=O)O)=C1. The van der Waals surface area contributed by atoms with Gasteiger partial charge in [-0.2, -0.15) is 0 Å². The molecule has 2 N–H and O–H groups in total. The maximum Gasteiger partial charge on any atom is 0.309 e. The third-order valence-corrected chi connectivity index (χ3v) is 7.35. The van der Waals surface area contributed by atoms with Crippen LogP contribution in [0.1, 0.15) is 93.9 Å². The number of rotatable bonds is 12. The third kappa shape index (κ3) is 8.24. The minimum absolute atomic E-state index is 0.0940. The fourth-order valence-corrected chi connectivity index (χ4v) is 4.87. The zero-order valence-electron chi connectivity index (χ0n) is 24.2. The number of carbonyl (C=O) groups is 4. The molecule has 0 saturated heterocycles. The minimum atomic E-state index is -0.849. The Morgan fingerprint density at radius 3 is 1.29 bits per heavy atom. The molecule has 2 aliphatic rings. The molecule has 0 spiro atoms. The predicted octanol–water partition coefficient (Wildman–Crippen LogP) is 7.03. The molecule has 0 aromatic rings. The fourth-order valence-electron chi connectivity index (χ4n) is 4.87. The summed E-state index contributed by atoms with van der Waals surface area (Å²) < 4.78 is 0. The lowest BCUT2D eigenvalue weighted by Gasteiger charge is -2.26. The van der Waals surface area contributed by atoms with Gasteiger partial charge >= 0.3 is 11.9 Å². The summed E-state index contributed by atoms with van der Waals surface area (Å²) in [5.41, 5.74) is -0.00177. The number of allylic oxidation sites excluding steroid dienone is 10. The molecule has 208 valence electrons. The molecular formula is C32H44O6. The number of aliphatic carboxylic acids is 2. The smallest absolute Gasteiger partial charge is 0.309 e. The van der Waals surface area contributed by atoms with Crippen LogP contribution in [0.3, 0.4) is 0 Å². The lowest BCUT2D eigenvalue weighted by atomic mass is 9.77. The summed E-state index contributed by atoms with van der Waals surface area (Å²) in [5, 5.41) is 18.7. The van der Waals surface area contributed by atoms with Gasteiger partial charge in [0.1, 0.15) is 0 Å². The van der Waals surface area contributed by atoms with Gasteiger partial charge in [-0.1, -0.05) is 64.2 Å². The van der Waals surface area contributed by atoms with Gasteiger partial charge in [0.25, 0.3) is 0 Å². The largest absolute Gasteiger partial charge is 0.481 e. The molecule has 2 aliphatic carbocycles. The summed E-state index contributed by atoms with van der Waals surface area (Å²) in [6.07, 6.45) is 14.3. The molecule has 0 aliphatic heterocycles. The van der Waals surface area contributed by atoms with Gasteiger partial charge < -0.3 is 10.2 Å². The van der Waals surface area contributed by atoms with E-state index in [0.717, 1.165) is 0 Å². The number of hydrogen-bond acceptors (Lipinski definition) is 4. The highest BCUT2D eigenvalue weighted by molar-refractivity contribution is 6.13. The second-order valence-corrected chi connectivity index (χ2v) is 13.3. The van der Waals surface area contributed by atoms with Crippen LogP contribution in [0.4, 0.5) is 0 Å². The molecular weight excluding hydrogens is 480 g/mol. The molecule has 0 radical (unpaired) electrons. The van der Waals surface area contributed by atoms with Crippen LogP contribution in [-0.2, 0) is 19.2 Å². The molecule has 0 atom stereocenters. The van der Waals surface area contributed by atoms with E-state index in [1.54, 1.807) is 39.8 Å². The highest BCUT2D eigenvalue weighted by atomic mass is 16.4. The molecule has 6 heteroatoms. The Morgan fingerprint density at radius 1 is 0.684 bits per heavy atom. The maximum atomic E-state index is 13.3. The number of carboxylic acid groups (broad SMARTS) is 2. The van der Waals surface area contributed by atoms with Crippen molar-refractivity contribution in [3.8, 4) is 0 Å². The summed E-state index contributed by atoms with van der Waals surface area (Å²) in [7, 11) is 0. The van der Waals surface area contributed by atoms with Gasteiger partial charge in [-0.05, 0) is 77.4 Å². The summed E-state index contributed by atoms with van der Waals surface area (Å²) in [6.45, 7) is 14.8. The Kier molecular flexibility index (Phi) is 9.35. The minimum Gasteiger partial charge on any atom is -0.481 e. The van der Waals surface area contributed by atoms with Crippen LogP contribution in [0.2, 0.25) is 0 Å². The molecule has 0 unspecified atom stereocenters. The second-order valence-electron chi connectivity index (χ2n) is 13.3. The van der Waals surface area contributed by atoms with Crippen LogP contribution in [0.15, 0.2) is 58.7 Å². The van der Waals surface area contributed by atoms with Crippen molar-refractivity contribution in [2.24, 2.45) is 21.7 Å². The molecule has 0 saturated carbocycles. The molecule has 0 bridgehead atoms. The standard InChI is InChI=1S/C32H44O6/c1-29(2)17-21(11-9-15-31(5,6)27(35)36)25(33)23(19-29)13-14-24-20-30(3,4)18-22(26(24)34)12-10-16-32(7,8)28(37)38/h13-14,17-20H,9-12,15-16H2,1-8H3,(H,35,36)(H,37,38). The molecule has 0 aromatic heterocycles. The monoisotopic (exact) mass is 524 g/mol. The Labute approximate surface area is 227 Å². The van der Waals surface area contributed by atoms with E-state index in [1.165, 1.54) is 0 Å². The van der Waals surface area contributed by atoms with E-state index in [0.29, 0.717) is 60.8 Å². The average molecular weight is 525 g/mol. The molecule has 38 heavy (non-hydrogen) atoms. The lowest BCUT2D eigenvalue weighted by molar-refractivity contribution is -0.148. The van der Waals surface area contributed by atoms with Crippen LogP contribution in [0.25, 0.3) is 0 Å². The molecule has 6 nitrogen and oxygen atoms in total. The molecule has 2 rings (SSSR count). The van der Waals surface area contributed by atoms with Gasteiger partial charge in [-0.25, -0.2) is 0 Å². The van der Waals surface area contributed by atoms with Crippen LogP contribution in [0.5, 0.6) is 0 Å². The fraction of sp³-hybridized carbons (Fsp3) is 0.562. The van der Waals surface area contributed by atoms with Crippen LogP contribution < -0.4 is 0 Å². The summed E-state index contributed by atoms with van der Waals surface area (Å²) >= 11 is 0. The summed E-state index contributed by atoms with van der Waals surface area (Å²) in [4.78, 5) is 49.4. The Bertz CT molecular complexity index is 1060. The number of carbonyl (C=O) groups excluding carboxylic acids is 2. The third-order valence-electron chi connectivity index (χ3n) is 7.35. The van der Waals surface area contributed by atoms with Crippen molar-refractivity contribution in [1.29, 1.82) is 0 Å². The Hall–Kier alpha value is -3.02. The maximum absolute atomic E-state index is 13.3. The summed E-state index contributed by atoms with van der Waals surface area (Å²) in [6, 6.07) is 0. The Balaban J connectivity index is 2.16. The van der Waals surface area contributed by atoms with Crippen molar-refractivity contribution in [3.63, 3.8) is 0 Å². The van der Waals surface area contributed by atoms with Crippen molar-refractivity contribution in [3.05, 3.63) is 58.7 Å². The van der Waals surface area contributed by atoms with Gasteiger partial charge in [0.2, 0.25) is 0 Å². The molecule has 0 fully saturated rings. The van der Waals surface area contributed by atoms with Crippen LogP contribution in [-0.4, -0.2) is 33.7 Å². The summed E-state index contributed by atoms with van der Waals surface area (Å²) in [5.74, 6) is -1.89. The highest BCUT2D eigenvalue weighted by Crippen LogP contribution is 2.36. The lowest BCUT2D eigenvalue weighted by Crippen LogP contribution is -2.24. The number of carboxylic acids is 2. The van der Waals surface area contributed by atoms with Gasteiger partial charge in [0.05, 0.1) is 10.8 Å². The van der Waals surface area contributed by atoms with E-state index in [4.69, 9.17) is 0 Å². The van der Waals surface area contributed by atoms with E-state index in [1.807, 2.05) is 52.0 Å². The van der Waals surface area contributed by atoms with Crippen molar-refractivity contribution >= 4 is 23.5 Å². The Morgan fingerprint density at radius 2 is 1.00 bits per heavy atom. The van der Waals surface area contributed by atoms with Crippen LogP contribution in [0, 0.1) is 21.7 Å². The highest BCUT2D eigenvalue weighted by Gasteiger charge is 2.31. The van der Waals surface area contributed by atoms with Gasteiger partial charge in [0.15, 0.2) is 11.6 Å². The van der Waals surface area contributed by atoms with Crippen LogP contribution >= 0.6 is 0 Å². The van der Waals surface area contributed by atoms with Crippen molar-refractivity contribution in [2.45, 2.75) is 93.9 Å². The average Bonchev–Trinajstić information content (AvgIpc) is 2.76. The predicted molar refractivity (Wildman–Crippen MR) is 150 cm³/mol. The number of Topliss-reactive ketones (excluding diaryl/α,β-unsaturated/α-hetero) is 2. The first kappa shape index (κ1) is 31.2. The molecule has 0 amide bonds. The first-order chi connectivity index (χ1) is 17.3. The topological polar surface area (TPSA) is 109 Å². The van der Waals surface area contributed by atoms with Gasteiger partial charge in [-0.15, -0.1) is 0 Å². The van der Waals surface area contributed by atoms with E-state index in [-0.39, 0.29) is 22.4 Å². The van der Waals surface area contributed by atoms with E-state index < -0.39 is 22.8 Å². The zero-order chi connectivity index (χ0) is 29.1. The molecule has 0 heterocycles. The zero-order valence-corrected chi connectivity index (χ0v) is 24.2. The first-order valence-corrected chi connectivity index (χ1v) is 13.4. The van der Waals surface area contributed by atoms with E-state index >= 15 is 0 Å². The normalized spacial score (nSPS) is 19.6. The number of ketones is 2.